The lowest BCUT2D eigenvalue weighted by Crippen LogP contribution is -2.30. The van der Waals surface area contributed by atoms with E-state index in [1.165, 1.54) is 12.0 Å². The molecule has 1 saturated heterocycles. The minimum absolute atomic E-state index is 0.213. The summed E-state index contributed by atoms with van der Waals surface area (Å²) in [6, 6.07) is 12.5. The van der Waals surface area contributed by atoms with E-state index in [9.17, 15) is 9.59 Å². The summed E-state index contributed by atoms with van der Waals surface area (Å²) in [5.41, 5.74) is 2.90. The standard InChI is InChI=1S/C20H20N2O4/c1-13-4-6-14(7-5-13)12-22-19(23)17(21-20(22)24)10-15-8-9-16(25-2)11-18(15)26-3/h4-11H,12H2,1-3H3,(H,21,24)/b17-10+. The number of methoxy groups -OCH3 is 2. The summed E-state index contributed by atoms with van der Waals surface area (Å²) in [5, 5.41) is 2.63. The van der Waals surface area contributed by atoms with Crippen LogP contribution >= 0.6 is 0 Å². The molecule has 1 fully saturated rings. The molecule has 0 aliphatic carbocycles. The van der Waals surface area contributed by atoms with Gasteiger partial charge in [-0.05, 0) is 30.7 Å². The number of amides is 3. The van der Waals surface area contributed by atoms with Crippen molar-refractivity contribution in [1.82, 2.24) is 10.2 Å². The van der Waals surface area contributed by atoms with E-state index in [1.54, 1.807) is 31.4 Å². The second-order valence-electron chi connectivity index (χ2n) is 5.97. The number of carbonyl (C=O) groups excluding carboxylic acids is 2. The number of nitrogens with one attached hydrogen (secondary N) is 1. The maximum Gasteiger partial charge on any atom is 0.329 e. The van der Waals surface area contributed by atoms with Gasteiger partial charge in [-0.15, -0.1) is 0 Å². The normalized spacial score (nSPS) is 15.3. The summed E-state index contributed by atoms with van der Waals surface area (Å²) in [6.07, 6.45) is 1.60. The first-order valence-electron chi connectivity index (χ1n) is 8.14. The highest BCUT2D eigenvalue weighted by Gasteiger charge is 2.33. The van der Waals surface area contributed by atoms with Gasteiger partial charge in [0.25, 0.3) is 5.91 Å². The number of ether oxygens (including phenoxy) is 2. The van der Waals surface area contributed by atoms with Gasteiger partial charge in [-0.3, -0.25) is 9.69 Å². The summed E-state index contributed by atoms with van der Waals surface area (Å²) in [6.45, 7) is 2.21. The lowest BCUT2D eigenvalue weighted by atomic mass is 10.1. The van der Waals surface area contributed by atoms with Crippen LogP contribution in [0.15, 0.2) is 48.2 Å². The molecule has 0 unspecified atom stereocenters. The van der Waals surface area contributed by atoms with Crippen LogP contribution in [0.5, 0.6) is 11.5 Å². The number of imide groups is 1. The predicted octanol–water partition coefficient (Wildman–Crippen LogP) is 3.11. The summed E-state index contributed by atoms with van der Waals surface area (Å²) in [4.78, 5) is 26.0. The molecule has 2 aromatic carbocycles. The zero-order valence-corrected chi connectivity index (χ0v) is 14.9. The van der Waals surface area contributed by atoms with Crippen molar-refractivity contribution in [3.8, 4) is 11.5 Å². The number of aryl methyl sites for hydroxylation is 1. The van der Waals surface area contributed by atoms with E-state index in [2.05, 4.69) is 5.32 Å². The number of hydrogen-bond acceptors (Lipinski definition) is 4. The molecule has 2 aromatic rings. The third-order valence-corrected chi connectivity index (χ3v) is 4.16. The second kappa shape index (κ2) is 7.31. The van der Waals surface area contributed by atoms with Crippen molar-refractivity contribution in [3.63, 3.8) is 0 Å². The largest absolute Gasteiger partial charge is 0.497 e. The van der Waals surface area contributed by atoms with E-state index < -0.39 is 6.03 Å². The topological polar surface area (TPSA) is 67.9 Å². The highest BCUT2D eigenvalue weighted by atomic mass is 16.5. The van der Waals surface area contributed by atoms with Gasteiger partial charge in [0.05, 0.1) is 20.8 Å². The minimum atomic E-state index is -0.436. The molecule has 1 N–H and O–H groups in total. The van der Waals surface area contributed by atoms with E-state index in [1.807, 2.05) is 31.2 Å². The van der Waals surface area contributed by atoms with Crippen molar-refractivity contribution in [1.29, 1.82) is 0 Å². The summed E-state index contributed by atoms with van der Waals surface area (Å²) in [7, 11) is 3.10. The van der Waals surface area contributed by atoms with Gasteiger partial charge in [0.2, 0.25) is 0 Å². The lowest BCUT2D eigenvalue weighted by Gasteiger charge is -2.12. The monoisotopic (exact) mass is 352 g/mol. The SMILES string of the molecule is COc1ccc(/C=C2/NC(=O)N(Cc3ccc(C)cc3)C2=O)c(OC)c1. The van der Waals surface area contributed by atoms with Gasteiger partial charge < -0.3 is 14.8 Å². The van der Waals surface area contributed by atoms with Crippen LogP contribution in [0.25, 0.3) is 6.08 Å². The Morgan fingerprint density at radius 1 is 1.04 bits per heavy atom. The first kappa shape index (κ1) is 17.5. The molecular formula is C20H20N2O4. The van der Waals surface area contributed by atoms with Crippen molar-refractivity contribution in [2.24, 2.45) is 0 Å². The second-order valence-corrected chi connectivity index (χ2v) is 5.97. The van der Waals surface area contributed by atoms with Crippen LogP contribution in [-0.4, -0.2) is 31.1 Å². The van der Waals surface area contributed by atoms with Crippen LogP contribution < -0.4 is 14.8 Å². The molecule has 0 atom stereocenters. The van der Waals surface area contributed by atoms with E-state index in [0.717, 1.165) is 11.1 Å². The number of rotatable bonds is 5. The van der Waals surface area contributed by atoms with E-state index in [0.29, 0.717) is 17.1 Å². The van der Waals surface area contributed by atoms with Crippen molar-refractivity contribution < 1.29 is 19.1 Å². The third kappa shape index (κ3) is 3.54. The summed E-state index contributed by atoms with van der Waals surface area (Å²) in [5.74, 6) is 0.830. The van der Waals surface area contributed by atoms with E-state index >= 15 is 0 Å². The minimum Gasteiger partial charge on any atom is -0.497 e. The zero-order valence-electron chi connectivity index (χ0n) is 14.9. The Morgan fingerprint density at radius 2 is 1.77 bits per heavy atom. The summed E-state index contributed by atoms with van der Waals surface area (Å²) < 4.78 is 10.5. The molecule has 1 heterocycles. The number of hydrogen-bond donors (Lipinski definition) is 1. The molecule has 0 radical (unpaired) electrons. The fourth-order valence-corrected chi connectivity index (χ4v) is 2.68. The summed E-state index contributed by atoms with van der Waals surface area (Å²) >= 11 is 0. The number of benzene rings is 2. The van der Waals surface area contributed by atoms with Crippen molar-refractivity contribution in [3.05, 3.63) is 64.9 Å². The van der Waals surface area contributed by atoms with Gasteiger partial charge >= 0.3 is 6.03 Å². The average Bonchev–Trinajstić information content (AvgIpc) is 2.91. The van der Waals surface area contributed by atoms with Crippen LogP contribution in [0.3, 0.4) is 0 Å². The van der Waals surface area contributed by atoms with Crippen molar-refractivity contribution in [2.45, 2.75) is 13.5 Å². The lowest BCUT2D eigenvalue weighted by molar-refractivity contribution is -0.123. The Balaban J connectivity index is 1.84. The molecule has 0 aromatic heterocycles. The smallest absolute Gasteiger partial charge is 0.329 e. The van der Waals surface area contributed by atoms with Crippen LogP contribution in [0.4, 0.5) is 4.79 Å². The fraction of sp³-hybridized carbons (Fsp3) is 0.200. The van der Waals surface area contributed by atoms with Crippen LogP contribution in [-0.2, 0) is 11.3 Å². The molecule has 1 aliphatic rings. The van der Waals surface area contributed by atoms with Gasteiger partial charge in [0.15, 0.2) is 0 Å². The maximum atomic E-state index is 12.6. The Labute approximate surface area is 152 Å². The fourth-order valence-electron chi connectivity index (χ4n) is 2.68. The maximum absolute atomic E-state index is 12.6. The van der Waals surface area contributed by atoms with E-state index in [-0.39, 0.29) is 18.1 Å². The van der Waals surface area contributed by atoms with Crippen molar-refractivity contribution in [2.75, 3.05) is 14.2 Å². The van der Waals surface area contributed by atoms with Gasteiger partial charge in [0, 0.05) is 11.6 Å². The molecule has 0 saturated carbocycles. The highest BCUT2D eigenvalue weighted by molar-refractivity contribution is 6.14. The first-order valence-corrected chi connectivity index (χ1v) is 8.14. The molecule has 1 aliphatic heterocycles. The molecular weight excluding hydrogens is 332 g/mol. The molecule has 134 valence electrons. The van der Waals surface area contributed by atoms with Gasteiger partial charge in [-0.2, -0.15) is 0 Å². The molecule has 6 heteroatoms. The molecule has 0 spiro atoms. The molecule has 6 nitrogen and oxygen atoms in total. The number of urea groups is 1. The third-order valence-electron chi connectivity index (χ3n) is 4.16. The Hall–Kier alpha value is -3.28. The number of nitrogens with zero attached hydrogens (tertiary/aromatic N) is 1. The number of carbonyl (C=O) groups is 2. The molecule has 0 bridgehead atoms. The zero-order chi connectivity index (χ0) is 18.7. The Bertz CT molecular complexity index is 872. The average molecular weight is 352 g/mol. The molecule has 26 heavy (non-hydrogen) atoms. The highest BCUT2D eigenvalue weighted by Crippen LogP contribution is 2.27. The van der Waals surface area contributed by atoms with Crippen LogP contribution in [0, 0.1) is 6.92 Å². The Morgan fingerprint density at radius 3 is 2.42 bits per heavy atom. The first-order chi connectivity index (χ1) is 12.5. The predicted molar refractivity (Wildman–Crippen MR) is 97.8 cm³/mol. The quantitative estimate of drug-likeness (QED) is 0.663. The van der Waals surface area contributed by atoms with Crippen LogP contribution in [0.1, 0.15) is 16.7 Å². The van der Waals surface area contributed by atoms with Crippen LogP contribution in [0.2, 0.25) is 0 Å². The van der Waals surface area contributed by atoms with Gasteiger partial charge in [0.1, 0.15) is 17.2 Å². The van der Waals surface area contributed by atoms with E-state index in [4.69, 9.17) is 9.47 Å². The van der Waals surface area contributed by atoms with Crippen molar-refractivity contribution >= 4 is 18.0 Å². The van der Waals surface area contributed by atoms with Gasteiger partial charge in [-0.1, -0.05) is 29.8 Å². The molecule has 3 amide bonds. The van der Waals surface area contributed by atoms with Gasteiger partial charge in [-0.25, -0.2) is 4.79 Å². The molecule has 3 rings (SSSR count). The Kier molecular flexibility index (Phi) is 4.93.